The first-order valence-corrected chi connectivity index (χ1v) is 9.83. The Balaban J connectivity index is 1.50. The van der Waals surface area contributed by atoms with Gasteiger partial charge < -0.3 is 9.32 Å². The Hall–Kier alpha value is -1.69. The number of thiophene rings is 1. The van der Waals surface area contributed by atoms with Gasteiger partial charge in [-0.1, -0.05) is 12.8 Å². The van der Waals surface area contributed by atoms with Crippen LogP contribution in [0.1, 0.15) is 61.3 Å². The Kier molecular flexibility index (Phi) is 4.65. The van der Waals surface area contributed by atoms with Gasteiger partial charge in [0.05, 0.1) is 11.4 Å². The summed E-state index contributed by atoms with van der Waals surface area (Å²) in [7, 11) is 0. The predicted molar refractivity (Wildman–Crippen MR) is 92.8 cm³/mol. The number of hydrogen-bond acceptors (Lipinski definition) is 5. The first-order chi connectivity index (χ1) is 11.8. The Morgan fingerprint density at radius 3 is 2.75 bits per heavy atom. The first-order valence-electron chi connectivity index (χ1n) is 9.02. The second-order valence-electron chi connectivity index (χ2n) is 6.75. The normalized spacial score (nSPS) is 19.0. The van der Waals surface area contributed by atoms with E-state index in [4.69, 9.17) is 4.42 Å². The minimum atomic E-state index is 0.195. The van der Waals surface area contributed by atoms with Crippen LogP contribution in [0.5, 0.6) is 0 Å². The molecule has 0 atom stereocenters. The summed E-state index contributed by atoms with van der Waals surface area (Å²) in [4.78, 5) is 16.3. The Labute approximate surface area is 146 Å². The molecule has 0 unspecified atom stereocenters. The zero-order valence-electron chi connectivity index (χ0n) is 13.9. The van der Waals surface area contributed by atoms with Crippen LogP contribution in [0.4, 0.5) is 0 Å². The number of nitrogens with zero attached hydrogens (tertiary/aromatic N) is 3. The fourth-order valence-electron chi connectivity index (χ4n) is 3.56. The quantitative estimate of drug-likeness (QED) is 0.844. The summed E-state index contributed by atoms with van der Waals surface area (Å²) in [5, 5.41) is 8.38. The highest BCUT2D eigenvalue weighted by Crippen LogP contribution is 2.34. The molecule has 1 fully saturated rings. The van der Waals surface area contributed by atoms with E-state index >= 15 is 0 Å². The monoisotopic (exact) mass is 345 g/mol. The van der Waals surface area contributed by atoms with Gasteiger partial charge in [-0.25, -0.2) is 0 Å². The van der Waals surface area contributed by atoms with Crippen LogP contribution in [0.15, 0.2) is 10.5 Å². The van der Waals surface area contributed by atoms with Crippen LogP contribution < -0.4 is 0 Å². The van der Waals surface area contributed by atoms with E-state index in [1.54, 1.807) is 11.3 Å². The molecule has 128 valence electrons. The maximum atomic E-state index is 11.9. The van der Waals surface area contributed by atoms with E-state index < -0.39 is 0 Å². The van der Waals surface area contributed by atoms with Gasteiger partial charge in [0.2, 0.25) is 11.8 Å². The van der Waals surface area contributed by atoms with Crippen molar-refractivity contribution in [1.29, 1.82) is 0 Å². The van der Waals surface area contributed by atoms with E-state index in [-0.39, 0.29) is 5.91 Å². The van der Waals surface area contributed by atoms with E-state index in [0.717, 1.165) is 30.7 Å². The highest BCUT2D eigenvalue weighted by atomic mass is 32.1. The van der Waals surface area contributed by atoms with Crippen molar-refractivity contribution in [3.63, 3.8) is 0 Å². The average molecular weight is 345 g/mol. The van der Waals surface area contributed by atoms with E-state index in [2.05, 4.69) is 16.3 Å². The van der Waals surface area contributed by atoms with Gasteiger partial charge in [-0.3, -0.25) is 4.79 Å². The number of carbonyl (C=O) groups excluding carboxylic acids is 1. The number of piperidine rings is 1. The standard InChI is InChI=1S/C18H23N3O2S/c22-17-9-5-6-10-21(17)12-16-19-20-18(23-16)15-11-13-7-3-1-2-4-8-14(13)24-15/h11H,1-10,12H2. The van der Waals surface area contributed by atoms with Gasteiger partial charge in [-0.2, -0.15) is 0 Å². The number of rotatable bonds is 3. The lowest BCUT2D eigenvalue weighted by atomic mass is 10.00. The van der Waals surface area contributed by atoms with Crippen LogP contribution in [-0.2, 0) is 24.2 Å². The molecule has 2 aliphatic rings. The molecule has 24 heavy (non-hydrogen) atoms. The van der Waals surface area contributed by atoms with Crippen LogP contribution in [0.3, 0.4) is 0 Å². The molecule has 0 bridgehead atoms. The lowest BCUT2D eigenvalue weighted by molar-refractivity contribution is -0.134. The molecule has 2 aromatic rings. The van der Waals surface area contributed by atoms with Crippen molar-refractivity contribution in [2.75, 3.05) is 6.54 Å². The summed E-state index contributed by atoms with van der Waals surface area (Å²) in [5.74, 6) is 1.34. The number of hydrogen-bond donors (Lipinski definition) is 0. The second-order valence-corrected chi connectivity index (χ2v) is 7.88. The van der Waals surface area contributed by atoms with Crippen LogP contribution in [-0.4, -0.2) is 27.5 Å². The molecule has 2 aromatic heterocycles. The van der Waals surface area contributed by atoms with E-state index in [0.29, 0.717) is 24.7 Å². The minimum absolute atomic E-state index is 0.195. The highest BCUT2D eigenvalue weighted by Gasteiger charge is 2.21. The molecule has 0 N–H and O–H groups in total. The van der Waals surface area contributed by atoms with Gasteiger partial charge in [-0.05, 0) is 50.2 Å². The molecular formula is C18H23N3O2S. The molecule has 1 amide bonds. The first kappa shape index (κ1) is 15.8. The largest absolute Gasteiger partial charge is 0.418 e. The molecule has 1 aliphatic heterocycles. The summed E-state index contributed by atoms with van der Waals surface area (Å²) in [6.45, 7) is 1.24. The summed E-state index contributed by atoms with van der Waals surface area (Å²) in [6.07, 6.45) is 10.2. The van der Waals surface area contributed by atoms with Crippen molar-refractivity contribution in [1.82, 2.24) is 15.1 Å². The summed E-state index contributed by atoms with van der Waals surface area (Å²) < 4.78 is 5.86. The van der Waals surface area contributed by atoms with Gasteiger partial charge in [0.15, 0.2) is 0 Å². The molecule has 0 spiro atoms. The van der Waals surface area contributed by atoms with Crippen molar-refractivity contribution in [3.8, 4) is 10.8 Å². The Bertz CT molecular complexity index is 696. The maximum Gasteiger partial charge on any atom is 0.257 e. The topological polar surface area (TPSA) is 59.2 Å². The van der Waals surface area contributed by atoms with Crippen LogP contribution >= 0.6 is 11.3 Å². The SMILES string of the molecule is O=C1CCCCN1Cc1nnc(-c2cc3c(s2)CCCCCC3)o1. The lowest BCUT2D eigenvalue weighted by Crippen LogP contribution is -2.34. The summed E-state index contributed by atoms with van der Waals surface area (Å²) in [5.41, 5.74) is 1.46. The molecule has 4 rings (SSSR count). The van der Waals surface area contributed by atoms with Crippen LogP contribution in [0, 0.1) is 0 Å². The number of aromatic nitrogens is 2. The predicted octanol–water partition coefficient (Wildman–Crippen LogP) is 3.97. The van der Waals surface area contributed by atoms with Gasteiger partial charge in [0.1, 0.15) is 0 Å². The number of likely N-dealkylation sites (tertiary alicyclic amines) is 1. The number of carbonyl (C=O) groups is 1. The van der Waals surface area contributed by atoms with E-state index in [1.807, 2.05) is 4.90 Å². The highest BCUT2D eigenvalue weighted by molar-refractivity contribution is 7.15. The molecule has 6 heteroatoms. The zero-order valence-corrected chi connectivity index (χ0v) is 14.7. The summed E-state index contributed by atoms with van der Waals surface area (Å²) >= 11 is 1.79. The fourth-order valence-corrected chi connectivity index (χ4v) is 4.73. The van der Waals surface area contributed by atoms with E-state index in [1.165, 1.54) is 42.5 Å². The maximum absolute atomic E-state index is 11.9. The third-order valence-electron chi connectivity index (χ3n) is 4.92. The third-order valence-corrected chi connectivity index (χ3v) is 6.15. The van der Waals surface area contributed by atoms with Gasteiger partial charge in [0.25, 0.3) is 5.89 Å². The van der Waals surface area contributed by atoms with Gasteiger partial charge in [-0.15, -0.1) is 21.5 Å². The van der Waals surface area contributed by atoms with E-state index in [9.17, 15) is 4.79 Å². The molecule has 3 heterocycles. The average Bonchev–Trinajstić information content (AvgIpc) is 3.17. The Morgan fingerprint density at radius 1 is 1.04 bits per heavy atom. The van der Waals surface area contributed by atoms with Gasteiger partial charge >= 0.3 is 0 Å². The molecule has 0 aromatic carbocycles. The van der Waals surface area contributed by atoms with Crippen molar-refractivity contribution >= 4 is 17.2 Å². The van der Waals surface area contributed by atoms with Crippen LogP contribution in [0.25, 0.3) is 10.8 Å². The Morgan fingerprint density at radius 2 is 1.88 bits per heavy atom. The molecule has 1 saturated heterocycles. The molecule has 0 saturated carbocycles. The molecule has 1 aliphatic carbocycles. The third kappa shape index (κ3) is 3.38. The second kappa shape index (κ2) is 7.05. The lowest BCUT2D eigenvalue weighted by Gasteiger charge is -2.24. The fraction of sp³-hybridized carbons (Fsp3) is 0.611. The number of amides is 1. The minimum Gasteiger partial charge on any atom is -0.418 e. The van der Waals surface area contributed by atoms with Crippen molar-refractivity contribution < 1.29 is 9.21 Å². The number of fused-ring (bicyclic) bond motifs is 1. The van der Waals surface area contributed by atoms with Gasteiger partial charge in [0, 0.05) is 17.8 Å². The number of aryl methyl sites for hydroxylation is 2. The zero-order chi connectivity index (χ0) is 16.4. The summed E-state index contributed by atoms with van der Waals surface area (Å²) in [6, 6.07) is 2.23. The molecular weight excluding hydrogens is 322 g/mol. The van der Waals surface area contributed by atoms with Crippen molar-refractivity contribution in [2.24, 2.45) is 0 Å². The molecule has 0 radical (unpaired) electrons. The smallest absolute Gasteiger partial charge is 0.257 e. The van der Waals surface area contributed by atoms with Crippen molar-refractivity contribution in [3.05, 3.63) is 22.4 Å². The van der Waals surface area contributed by atoms with Crippen molar-refractivity contribution in [2.45, 2.75) is 64.3 Å². The molecule has 5 nitrogen and oxygen atoms in total. The van der Waals surface area contributed by atoms with Crippen LogP contribution in [0.2, 0.25) is 0 Å².